The van der Waals surface area contributed by atoms with Crippen LogP contribution in [-0.2, 0) is 9.59 Å². The van der Waals surface area contributed by atoms with Crippen LogP contribution in [0.5, 0.6) is 0 Å². The van der Waals surface area contributed by atoms with Crippen molar-refractivity contribution in [2.24, 2.45) is 0 Å². The number of rotatable bonds is 3. The molecule has 2 heterocycles. The van der Waals surface area contributed by atoms with Gasteiger partial charge in [0.2, 0.25) is 11.8 Å². The van der Waals surface area contributed by atoms with Gasteiger partial charge in [-0.05, 0) is 38.8 Å². The van der Waals surface area contributed by atoms with Gasteiger partial charge < -0.3 is 15.1 Å². The van der Waals surface area contributed by atoms with Gasteiger partial charge in [-0.2, -0.15) is 0 Å². The summed E-state index contributed by atoms with van der Waals surface area (Å²) in [7, 11) is 1.87. The number of nitrogens with zero attached hydrogens (tertiary/aromatic N) is 2. The Balaban J connectivity index is 1.84. The average Bonchev–Trinajstić information content (AvgIpc) is 2.41. The first-order chi connectivity index (χ1) is 8.68. The summed E-state index contributed by atoms with van der Waals surface area (Å²) >= 11 is 0. The number of likely N-dealkylation sites (N-methyl/N-ethyl adjacent to an activating group) is 1. The first-order valence-corrected chi connectivity index (χ1v) is 6.92. The molecule has 0 aromatic rings. The Morgan fingerprint density at radius 3 is 2.78 bits per heavy atom. The number of hydrogen-bond donors (Lipinski definition) is 1. The lowest BCUT2D eigenvalue weighted by Gasteiger charge is -2.34. The highest BCUT2D eigenvalue weighted by molar-refractivity contribution is 5.85. The van der Waals surface area contributed by atoms with Gasteiger partial charge >= 0.3 is 0 Å². The highest BCUT2D eigenvalue weighted by Crippen LogP contribution is 2.13. The zero-order valence-corrected chi connectivity index (χ0v) is 11.2. The van der Waals surface area contributed by atoms with Gasteiger partial charge in [-0.15, -0.1) is 0 Å². The first-order valence-electron chi connectivity index (χ1n) is 6.92. The van der Waals surface area contributed by atoms with Crippen molar-refractivity contribution in [3.05, 3.63) is 0 Å². The molecule has 2 aliphatic rings. The number of amides is 2. The molecular weight excluding hydrogens is 230 g/mol. The number of likely N-dealkylation sites (tertiary alicyclic amines) is 1. The monoisotopic (exact) mass is 253 g/mol. The van der Waals surface area contributed by atoms with Gasteiger partial charge in [-0.25, -0.2) is 0 Å². The van der Waals surface area contributed by atoms with Gasteiger partial charge in [0, 0.05) is 26.1 Å². The summed E-state index contributed by atoms with van der Waals surface area (Å²) in [6.07, 6.45) is 4.61. The predicted octanol–water partition coefficient (Wildman–Crippen LogP) is 0.209. The van der Waals surface area contributed by atoms with Crippen LogP contribution in [0.25, 0.3) is 0 Å². The van der Waals surface area contributed by atoms with Gasteiger partial charge in [0.25, 0.3) is 0 Å². The van der Waals surface area contributed by atoms with Crippen molar-refractivity contribution in [2.45, 2.75) is 38.1 Å². The Morgan fingerprint density at radius 1 is 1.39 bits per heavy atom. The fraction of sp³-hybridized carbons (Fsp3) is 0.846. The smallest absolute Gasteiger partial charge is 0.242 e. The molecule has 0 bridgehead atoms. The largest absolute Gasteiger partial charge is 0.341 e. The first kappa shape index (κ1) is 13.3. The Kier molecular flexibility index (Phi) is 4.58. The second-order valence-electron chi connectivity index (χ2n) is 5.26. The molecule has 0 atom stereocenters. The van der Waals surface area contributed by atoms with E-state index in [-0.39, 0.29) is 18.4 Å². The number of piperidine rings is 2. The van der Waals surface area contributed by atoms with E-state index < -0.39 is 0 Å². The van der Waals surface area contributed by atoms with E-state index in [1.807, 2.05) is 11.9 Å². The maximum absolute atomic E-state index is 12.2. The van der Waals surface area contributed by atoms with E-state index in [2.05, 4.69) is 5.32 Å². The van der Waals surface area contributed by atoms with E-state index >= 15 is 0 Å². The molecule has 2 saturated heterocycles. The van der Waals surface area contributed by atoms with Crippen LogP contribution in [0.15, 0.2) is 0 Å². The average molecular weight is 253 g/mol. The molecule has 0 aromatic heterocycles. The quantitative estimate of drug-likeness (QED) is 0.782. The predicted molar refractivity (Wildman–Crippen MR) is 69.1 cm³/mol. The van der Waals surface area contributed by atoms with E-state index in [9.17, 15) is 9.59 Å². The lowest BCUT2D eigenvalue weighted by molar-refractivity contribution is -0.142. The van der Waals surface area contributed by atoms with Crippen molar-refractivity contribution in [1.82, 2.24) is 15.1 Å². The number of carbonyl (C=O) groups excluding carboxylic acids is 2. The molecule has 1 N–H and O–H groups in total. The molecule has 102 valence electrons. The molecule has 0 radical (unpaired) electrons. The molecule has 2 fully saturated rings. The summed E-state index contributed by atoms with van der Waals surface area (Å²) in [6, 6.07) is 0.332. The van der Waals surface area contributed by atoms with Crippen LogP contribution in [-0.4, -0.2) is 60.9 Å². The van der Waals surface area contributed by atoms with Crippen molar-refractivity contribution in [3.8, 4) is 0 Å². The second kappa shape index (κ2) is 6.18. The highest BCUT2D eigenvalue weighted by atomic mass is 16.2. The third-order valence-electron chi connectivity index (χ3n) is 4.00. The van der Waals surface area contributed by atoms with Crippen molar-refractivity contribution in [2.75, 3.05) is 33.2 Å². The van der Waals surface area contributed by atoms with E-state index in [0.29, 0.717) is 12.5 Å². The molecule has 2 rings (SSSR count). The summed E-state index contributed by atoms with van der Waals surface area (Å²) in [6.45, 7) is 2.96. The van der Waals surface area contributed by atoms with Crippen molar-refractivity contribution >= 4 is 11.8 Å². The van der Waals surface area contributed by atoms with Crippen molar-refractivity contribution in [3.63, 3.8) is 0 Å². The molecule has 2 amide bonds. The molecule has 0 spiro atoms. The van der Waals surface area contributed by atoms with Crippen LogP contribution in [0, 0.1) is 0 Å². The molecule has 2 aliphatic heterocycles. The second-order valence-corrected chi connectivity index (χ2v) is 5.26. The Bertz CT molecular complexity index is 313. The van der Waals surface area contributed by atoms with Gasteiger partial charge in [-0.1, -0.05) is 0 Å². The summed E-state index contributed by atoms with van der Waals surface area (Å²) in [5, 5.41) is 3.29. The fourth-order valence-corrected chi connectivity index (χ4v) is 2.70. The SMILES string of the molecule is CN(C(=O)CN1CCCCC1=O)C1CCNCC1. The topological polar surface area (TPSA) is 52.7 Å². The van der Waals surface area contributed by atoms with E-state index in [1.54, 1.807) is 4.90 Å². The zero-order valence-electron chi connectivity index (χ0n) is 11.2. The standard InChI is InChI=1S/C13H23N3O2/c1-15(11-5-7-14-8-6-11)13(18)10-16-9-3-2-4-12(16)17/h11,14H,2-10H2,1H3. The third kappa shape index (κ3) is 3.22. The molecule has 5 nitrogen and oxygen atoms in total. The van der Waals surface area contributed by atoms with Crippen molar-refractivity contribution < 1.29 is 9.59 Å². The van der Waals surface area contributed by atoms with Crippen LogP contribution in [0.2, 0.25) is 0 Å². The molecule has 0 saturated carbocycles. The van der Waals surface area contributed by atoms with E-state index in [1.165, 1.54) is 0 Å². The lowest BCUT2D eigenvalue weighted by Crippen LogP contribution is -2.49. The fourth-order valence-electron chi connectivity index (χ4n) is 2.70. The van der Waals surface area contributed by atoms with Crippen LogP contribution in [0.4, 0.5) is 0 Å². The summed E-state index contributed by atoms with van der Waals surface area (Å²) in [5.41, 5.74) is 0. The van der Waals surface area contributed by atoms with Crippen LogP contribution in [0.1, 0.15) is 32.1 Å². The van der Waals surface area contributed by atoms with Crippen LogP contribution in [0.3, 0.4) is 0 Å². The Labute approximate surface area is 108 Å². The van der Waals surface area contributed by atoms with Gasteiger partial charge in [0.1, 0.15) is 0 Å². The number of nitrogens with one attached hydrogen (secondary N) is 1. The van der Waals surface area contributed by atoms with Crippen molar-refractivity contribution in [1.29, 1.82) is 0 Å². The molecule has 0 unspecified atom stereocenters. The van der Waals surface area contributed by atoms with Crippen LogP contribution >= 0.6 is 0 Å². The van der Waals surface area contributed by atoms with Gasteiger partial charge in [-0.3, -0.25) is 9.59 Å². The minimum atomic E-state index is 0.0807. The Hall–Kier alpha value is -1.10. The normalized spacial score (nSPS) is 22.1. The molecule has 18 heavy (non-hydrogen) atoms. The summed E-state index contributed by atoms with van der Waals surface area (Å²) < 4.78 is 0. The molecule has 5 heteroatoms. The molecular formula is C13H23N3O2. The zero-order chi connectivity index (χ0) is 13.0. The maximum atomic E-state index is 12.2. The number of carbonyl (C=O) groups is 2. The van der Waals surface area contributed by atoms with E-state index in [4.69, 9.17) is 0 Å². The van der Waals surface area contributed by atoms with Gasteiger partial charge in [0.15, 0.2) is 0 Å². The molecule has 0 aromatic carbocycles. The summed E-state index contributed by atoms with van der Waals surface area (Å²) in [5.74, 6) is 0.213. The van der Waals surface area contributed by atoms with Gasteiger partial charge in [0.05, 0.1) is 6.54 Å². The lowest BCUT2D eigenvalue weighted by atomic mass is 10.1. The number of hydrogen-bond acceptors (Lipinski definition) is 3. The summed E-state index contributed by atoms with van der Waals surface area (Å²) in [4.78, 5) is 27.4. The van der Waals surface area contributed by atoms with Crippen LogP contribution < -0.4 is 5.32 Å². The molecule has 0 aliphatic carbocycles. The maximum Gasteiger partial charge on any atom is 0.242 e. The highest BCUT2D eigenvalue weighted by Gasteiger charge is 2.26. The third-order valence-corrected chi connectivity index (χ3v) is 4.00. The Morgan fingerprint density at radius 2 is 2.11 bits per heavy atom. The van der Waals surface area contributed by atoms with E-state index in [0.717, 1.165) is 45.3 Å². The minimum Gasteiger partial charge on any atom is -0.341 e. The minimum absolute atomic E-state index is 0.0807.